The molecule has 0 bridgehead atoms. The number of nitrogens with one attached hydrogen (secondary N) is 1. The second-order valence-electron chi connectivity index (χ2n) is 5.80. The Morgan fingerprint density at radius 3 is 3.17 bits per heavy atom. The summed E-state index contributed by atoms with van der Waals surface area (Å²) in [5, 5.41) is 2.08. The third-order valence-corrected chi connectivity index (χ3v) is 4.73. The van der Waals surface area contributed by atoms with Gasteiger partial charge in [-0.3, -0.25) is 4.79 Å². The lowest BCUT2D eigenvalue weighted by Gasteiger charge is -2.31. The third-order valence-electron chi connectivity index (χ3n) is 4.73. The van der Waals surface area contributed by atoms with Crippen molar-refractivity contribution in [3.63, 3.8) is 0 Å². The number of rotatable bonds is 3. The first-order valence-electron chi connectivity index (χ1n) is 7.06. The number of fused-ring (bicyclic) bond motifs is 2. The minimum absolute atomic E-state index is 0.137. The second kappa shape index (κ2) is 4.92. The van der Waals surface area contributed by atoms with Crippen LogP contribution in [0.2, 0.25) is 0 Å². The Hall–Kier alpha value is -1.03. The Morgan fingerprint density at radius 2 is 2.33 bits per heavy atom. The van der Waals surface area contributed by atoms with Crippen LogP contribution in [0.5, 0.6) is 0 Å². The van der Waals surface area contributed by atoms with E-state index in [2.05, 4.69) is 21.4 Å². The molecule has 2 saturated carbocycles. The molecule has 1 aliphatic heterocycles. The maximum Gasteiger partial charge on any atom is 0.307 e. The molecule has 0 aromatic carbocycles. The van der Waals surface area contributed by atoms with Crippen molar-refractivity contribution >= 4 is 5.97 Å². The molecule has 0 radical (unpaired) electrons. The molecule has 1 N–H and O–H groups in total. The lowest BCUT2D eigenvalue weighted by atomic mass is 9.77. The normalized spacial score (nSPS) is 33.9. The Labute approximate surface area is 108 Å². The fourth-order valence-electron chi connectivity index (χ4n) is 3.75. The van der Waals surface area contributed by atoms with Gasteiger partial charge in [-0.05, 0) is 36.7 Å². The van der Waals surface area contributed by atoms with E-state index in [1.165, 1.54) is 39.2 Å². The Morgan fingerprint density at radius 1 is 1.50 bits per heavy atom. The second-order valence-corrected chi connectivity index (χ2v) is 5.80. The van der Waals surface area contributed by atoms with Crippen molar-refractivity contribution in [2.24, 2.45) is 11.8 Å². The zero-order valence-corrected chi connectivity index (χ0v) is 11.0. The summed E-state index contributed by atoms with van der Waals surface area (Å²) in [7, 11) is 1.44. The third kappa shape index (κ3) is 2.26. The molecular weight excluding hydrogens is 228 g/mol. The number of ether oxygens (including phenoxy) is 1. The van der Waals surface area contributed by atoms with Crippen molar-refractivity contribution in [1.29, 1.82) is 0 Å². The van der Waals surface area contributed by atoms with Gasteiger partial charge < -0.3 is 9.75 Å². The number of hydrogen-bond donors (Lipinski definition) is 1. The van der Waals surface area contributed by atoms with Gasteiger partial charge >= 0.3 is 5.97 Å². The van der Waals surface area contributed by atoms with Gasteiger partial charge in [-0.1, -0.05) is 12.8 Å². The summed E-state index contributed by atoms with van der Waals surface area (Å²) in [6.07, 6.45) is 9.47. The van der Waals surface area contributed by atoms with E-state index in [9.17, 15) is 4.79 Å². The van der Waals surface area contributed by atoms with E-state index < -0.39 is 0 Å². The summed E-state index contributed by atoms with van der Waals surface area (Å²) < 4.78 is 4.68. The highest BCUT2D eigenvalue weighted by molar-refractivity contribution is 5.69. The van der Waals surface area contributed by atoms with E-state index in [4.69, 9.17) is 0 Å². The Bertz CT molecular complexity index is 367. The molecule has 0 aromatic heterocycles. The molecule has 4 nitrogen and oxygen atoms in total. The summed E-state index contributed by atoms with van der Waals surface area (Å²) >= 11 is 0. The van der Waals surface area contributed by atoms with Gasteiger partial charge in [-0.2, -0.15) is 0 Å². The molecule has 2 aliphatic carbocycles. The number of carbonyl (C=O) groups excluding carboxylic acids is 1. The minimum atomic E-state index is -0.137. The zero-order chi connectivity index (χ0) is 12.5. The van der Waals surface area contributed by atoms with Gasteiger partial charge in [-0.15, -0.1) is 0 Å². The van der Waals surface area contributed by atoms with Crippen molar-refractivity contribution < 1.29 is 9.53 Å². The molecule has 0 aromatic rings. The topological polar surface area (TPSA) is 41.6 Å². The number of hydrogen-bond acceptors (Lipinski definition) is 4. The van der Waals surface area contributed by atoms with E-state index in [0.717, 1.165) is 11.8 Å². The maximum atomic E-state index is 11.1. The first-order chi connectivity index (χ1) is 8.76. The molecular formula is C14H22N2O2. The highest BCUT2D eigenvalue weighted by Gasteiger charge is 2.39. The van der Waals surface area contributed by atoms with E-state index in [1.54, 1.807) is 5.57 Å². The van der Waals surface area contributed by atoms with Gasteiger partial charge in [0.25, 0.3) is 0 Å². The standard InChI is InChI=1S/C14H22N2O2/c1-18-14(17)5-6-16-9-12-7-10-3-2-4-11(10)8-13(12)15-16/h9-11,13,15H,2-8H2,1H3. The quantitative estimate of drug-likeness (QED) is 0.776. The number of hydrazine groups is 1. The molecule has 3 aliphatic rings. The van der Waals surface area contributed by atoms with E-state index in [1.807, 2.05) is 0 Å². The molecule has 1 heterocycles. The molecule has 18 heavy (non-hydrogen) atoms. The first kappa shape index (κ1) is 12.0. The van der Waals surface area contributed by atoms with Crippen LogP contribution in [0.1, 0.15) is 38.5 Å². The van der Waals surface area contributed by atoms with Crippen LogP contribution in [0.3, 0.4) is 0 Å². The molecule has 3 rings (SSSR count). The van der Waals surface area contributed by atoms with E-state index in [0.29, 0.717) is 19.0 Å². The average molecular weight is 250 g/mol. The predicted octanol–water partition coefficient (Wildman–Crippen LogP) is 1.83. The van der Waals surface area contributed by atoms with Crippen molar-refractivity contribution in [3.05, 3.63) is 11.8 Å². The minimum Gasteiger partial charge on any atom is -0.469 e. The monoisotopic (exact) mass is 250 g/mol. The highest BCUT2D eigenvalue weighted by Crippen LogP contribution is 2.45. The molecule has 100 valence electrons. The van der Waals surface area contributed by atoms with Crippen molar-refractivity contribution in [1.82, 2.24) is 10.4 Å². The summed E-state index contributed by atoms with van der Waals surface area (Å²) in [6.45, 7) is 0.710. The zero-order valence-electron chi connectivity index (χ0n) is 11.0. The lowest BCUT2D eigenvalue weighted by molar-refractivity contribution is -0.140. The van der Waals surface area contributed by atoms with Crippen LogP contribution < -0.4 is 5.43 Å². The Kier molecular flexibility index (Phi) is 3.29. The van der Waals surface area contributed by atoms with Crippen LogP contribution in [-0.4, -0.2) is 30.7 Å². The number of carbonyl (C=O) groups is 1. The van der Waals surface area contributed by atoms with Gasteiger partial charge in [-0.25, -0.2) is 5.43 Å². The summed E-state index contributed by atoms with van der Waals surface area (Å²) in [5.74, 6) is 1.72. The summed E-state index contributed by atoms with van der Waals surface area (Å²) in [4.78, 5) is 11.1. The molecule has 3 atom stereocenters. The SMILES string of the molecule is COC(=O)CCN1C=C2CC3CCCC3CC2N1. The first-order valence-corrected chi connectivity index (χ1v) is 7.06. The molecule has 0 spiro atoms. The molecule has 3 unspecified atom stereocenters. The van der Waals surface area contributed by atoms with Crippen LogP contribution in [0, 0.1) is 11.8 Å². The largest absolute Gasteiger partial charge is 0.469 e. The van der Waals surface area contributed by atoms with Crippen LogP contribution in [0.4, 0.5) is 0 Å². The van der Waals surface area contributed by atoms with Crippen LogP contribution in [-0.2, 0) is 9.53 Å². The van der Waals surface area contributed by atoms with Crippen LogP contribution in [0.25, 0.3) is 0 Å². The number of nitrogens with zero attached hydrogens (tertiary/aromatic N) is 1. The van der Waals surface area contributed by atoms with Crippen molar-refractivity contribution in [3.8, 4) is 0 Å². The van der Waals surface area contributed by atoms with Gasteiger partial charge in [0.2, 0.25) is 0 Å². The fraction of sp³-hybridized carbons (Fsp3) is 0.786. The summed E-state index contributed by atoms with van der Waals surface area (Å²) in [5.41, 5.74) is 5.06. The van der Waals surface area contributed by atoms with E-state index in [-0.39, 0.29) is 5.97 Å². The van der Waals surface area contributed by atoms with E-state index >= 15 is 0 Å². The fourth-order valence-corrected chi connectivity index (χ4v) is 3.75. The smallest absolute Gasteiger partial charge is 0.307 e. The van der Waals surface area contributed by atoms with Gasteiger partial charge in [0, 0.05) is 18.8 Å². The average Bonchev–Trinajstić information content (AvgIpc) is 2.97. The molecule has 4 heteroatoms. The lowest BCUT2D eigenvalue weighted by Crippen LogP contribution is -2.40. The highest BCUT2D eigenvalue weighted by atomic mass is 16.5. The molecule has 0 amide bonds. The molecule has 2 fully saturated rings. The van der Waals surface area contributed by atoms with Crippen LogP contribution in [0.15, 0.2) is 11.8 Å². The van der Waals surface area contributed by atoms with Gasteiger partial charge in [0.05, 0.1) is 13.5 Å². The summed E-state index contributed by atoms with van der Waals surface area (Å²) in [6, 6.07) is 0.530. The van der Waals surface area contributed by atoms with Crippen LogP contribution >= 0.6 is 0 Å². The van der Waals surface area contributed by atoms with Crippen molar-refractivity contribution in [2.45, 2.75) is 44.6 Å². The predicted molar refractivity (Wildman–Crippen MR) is 68.4 cm³/mol. The van der Waals surface area contributed by atoms with Gasteiger partial charge in [0.1, 0.15) is 0 Å². The Balaban J connectivity index is 1.56. The number of esters is 1. The van der Waals surface area contributed by atoms with Crippen molar-refractivity contribution in [2.75, 3.05) is 13.7 Å². The van der Waals surface area contributed by atoms with Gasteiger partial charge in [0.15, 0.2) is 0 Å². The molecule has 0 saturated heterocycles. The number of methoxy groups -OCH3 is 1. The maximum absolute atomic E-state index is 11.1.